The van der Waals surface area contributed by atoms with Gasteiger partial charge in [0.1, 0.15) is 5.52 Å². The predicted octanol–water partition coefficient (Wildman–Crippen LogP) is 3.85. The highest BCUT2D eigenvalue weighted by atomic mass is 32.1. The number of aromatic nitrogens is 4. The van der Waals surface area contributed by atoms with Crippen LogP contribution >= 0.6 is 11.3 Å². The molecule has 5 heteroatoms. The van der Waals surface area contributed by atoms with Crippen LogP contribution in [-0.4, -0.2) is 19.5 Å². The number of thiophene rings is 1. The number of hydrogen-bond donors (Lipinski definition) is 0. The van der Waals surface area contributed by atoms with Crippen LogP contribution in [0.3, 0.4) is 0 Å². The Kier molecular flexibility index (Phi) is 2.79. The summed E-state index contributed by atoms with van der Waals surface area (Å²) in [5, 5.41) is 0. The molecule has 0 aromatic carbocycles. The lowest BCUT2D eigenvalue weighted by Gasteiger charge is -2.06. The molecule has 0 unspecified atom stereocenters. The topological polar surface area (TPSA) is 43.6 Å². The summed E-state index contributed by atoms with van der Waals surface area (Å²) in [6.45, 7) is 2.10. The molecule has 0 amide bonds. The van der Waals surface area contributed by atoms with Crippen LogP contribution in [0.2, 0.25) is 0 Å². The summed E-state index contributed by atoms with van der Waals surface area (Å²) >= 11 is 1.74. The molecule has 21 heavy (non-hydrogen) atoms. The second kappa shape index (κ2) is 4.79. The van der Waals surface area contributed by atoms with E-state index < -0.39 is 0 Å². The third-order valence-corrected chi connectivity index (χ3v) is 4.29. The summed E-state index contributed by atoms with van der Waals surface area (Å²) in [5.41, 5.74) is 2.78. The van der Waals surface area contributed by atoms with Gasteiger partial charge in [-0.1, -0.05) is 0 Å². The quantitative estimate of drug-likeness (QED) is 0.563. The molecule has 0 atom stereocenters. The Labute approximate surface area is 125 Å². The van der Waals surface area contributed by atoms with E-state index in [1.807, 2.05) is 24.3 Å². The van der Waals surface area contributed by atoms with Crippen molar-refractivity contribution in [2.45, 2.75) is 6.92 Å². The average molecular weight is 292 g/mol. The largest absolute Gasteiger partial charge is 0.276 e. The molecule has 0 aliphatic rings. The molecule has 0 aliphatic heterocycles. The second-order valence-electron chi connectivity index (χ2n) is 4.73. The zero-order chi connectivity index (χ0) is 14.2. The Balaban J connectivity index is 2.06. The first-order valence-corrected chi connectivity index (χ1v) is 7.45. The van der Waals surface area contributed by atoms with E-state index in [0.717, 1.165) is 27.6 Å². The number of hydrogen-bond acceptors (Lipinski definition) is 4. The van der Waals surface area contributed by atoms with E-state index in [4.69, 9.17) is 4.98 Å². The zero-order valence-electron chi connectivity index (χ0n) is 11.4. The van der Waals surface area contributed by atoms with Gasteiger partial charge in [-0.15, -0.1) is 11.3 Å². The van der Waals surface area contributed by atoms with Crippen LogP contribution in [0.4, 0.5) is 0 Å². The van der Waals surface area contributed by atoms with Gasteiger partial charge in [-0.05, 0) is 43.3 Å². The fraction of sp³-hybridized carbons (Fsp3) is 0.0625. The maximum absolute atomic E-state index is 4.76. The van der Waals surface area contributed by atoms with Gasteiger partial charge >= 0.3 is 0 Å². The molecule has 0 N–H and O–H groups in total. The van der Waals surface area contributed by atoms with Crippen LogP contribution in [0.25, 0.3) is 27.6 Å². The summed E-state index contributed by atoms with van der Waals surface area (Å²) in [7, 11) is 0. The first-order chi connectivity index (χ1) is 10.3. The van der Waals surface area contributed by atoms with Crippen molar-refractivity contribution in [3.05, 3.63) is 59.9 Å². The van der Waals surface area contributed by atoms with Gasteiger partial charge in [0.25, 0.3) is 0 Å². The number of nitrogens with zero attached hydrogens (tertiary/aromatic N) is 4. The van der Waals surface area contributed by atoms with Crippen molar-refractivity contribution >= 4 is 22.5 Å². The van der Waals surface area contributed by atoms with E-state index in [2.05, 4.69) is 33.6 Å². The monoisotopic (exact) mass is 292 g/mol. The highest BCUT2D eigenvalue weighted by molar-refractivity contribution is 7.15. The molecule has 0 spiro atoms. The Bertz CT molecular complexity index is 908. The lowest BCUT2D eigenvalue weighted by atomic mass is 10.3. The molecular formula is C16H12N4S. The molecule has 0 aliphatic carbocycles. The highest BCUT2D eigenvalue weighted by Crippen LogP contribution is 2.31. The van der Waals surface area contributed by atoms with Crippen molar-refractivity contribution in [3.63, 3.8) is 0 Å². The normalized spacial score (nSPS) is 11.1. The Morgan fingerprint density at radius 3 is 2.62 bits per heavy atom. The lowest BCUT2D eigenvalue weighted by molar-refractivity contribution is 1.07. The van der Waals surface area contributed by atoms with Gasteiger partial charge in [0, 0.05) is 23.5 Å². The Hall–Kier alpha value is -2.53. The van der Waals surface area contributed by atoms with E-state index in [0.29, 0.717) is 0 Å². The van der Waals surface area contributed by atoms with E-state index >= 15 is 0 Å². The van der Waals surface area contributed by atoms with Crippen molar-refractivity contribution in [2.24, 2.45) is 0 Å². The maximum Gasteiger partial charge on any atom is 0.164 e. The van der Waals surface area contributed by atoms with E-state index in [1.54, 1.807) is 29.9 Å². The van der Waals surface area contributed by atoms with Crippen LogP contribution < -0.4 is 0 Å². The van der Waals surface area contributed by atoms with Gasteiger partial charge < -0.3 is 0 Å². The fourth-order valence-corrected chi connectivity index (χ4v) is 3.22. The third kappa shape index (κ3) is 2.02. The number of rotatable bonds is 2. The summed E-state index contributed by atoms with van der Waals surface area (Å²) in [5.74, 6) is 0.924. The Morgan fingerprint density at radius 1 is 1.00 bits per heavy atom. The first kappa shape index (κ1) is 12.2. The number of fused-ring (bicyclic) bond motifs is 1. The van der Waals surface area contributed by atoms with Crippen LogP contribution in [0.15, 0.2) is 55.0 Å². The average Bonchev–Trinajstić information content (AvgIpc) is 3.11. The molecule has 0 saturated heterocycles. The summed E-state index contributed by atoms with van der Waals surface area (Å²) in [6.07, 6.45) is 5.37. The number of imidazole rings is 1. The van der Waals surface area contributed by atoms with Gasteiger partial charge in [-0.25, -0.2) is 9.97 Å². The summed E-state index contributed by atoms with van der Waals surface area (Å²) < 4.78 is 2.09. The standard InChI is InChI=1S/C16H12N4S/c1-11-4-5-14(21-11)16-19-13-3-2-8-18-15(13)20(16)12-6-9-17-10-7-12/h2-10H,1H3. The zero-order valence-corrected chi connectivity index (χ0v) is 12.2. The molecule has 0 fully saturated rings. The maximum atomic E-state index is 4.76. The molecule has 4 nitrogen and oxygen atoms in total. The molecule has 102 valence electrons. The van der Waals surface area contributed by atoms with Gasteiger partial charge in [0.2, 0.25) is 0 Å². The van der Waals surface area contributed by atoms with E-state index in [-0.39, 0.29) is 0 Å². The molecule has 4 heterocycles. The molecule has 0 radical (unpaired) electrons. The van der Waals surface area contributed by atoms with Gasteiger partial charge in [-0.3, -0.25) is 9.55 Å². The fourth-order valence-electron chi connectivity index (χ4n) is 2.37. The molecule has 0 saturated carbocycles. The first-order valence-electron chi connectivity index (χ1n) is 6.63. The highest BCUT2D eigenvalue weighted by Gasteiger charge is 2.15. The van der Waals surface area contributed by atoms with Gasteiger partial charge in [-0.2, -0.15) is 0 Å². The van der Waals surface area contributed by atoms with Gasteiger partial charge in [0.15, 0.2) is 11.5 Å². The second-order valence-corrected chi connectivity index (χ2v) is 6.02. The van der Waals surface area contributed by atoms with E-state index in [9.17, 15) is 0 Å². The summed E-state index contributed by atoms with van der Waals surface area (Å²) in [4.78, 5) is 15.8. The number of aryl methyl sites for hydroxylation is 1. The predicted molar refractivity (Wildman–Crippen MR) is 84.7 cm³/mol. The van der Waals surface area contributed by atoms with Gasteiger partial charge in [0.05, 0.1) is 10.6 Å². The van der Waals surface area contributed by atoms with E-state index in [1.165, 1.54) is 4.88 Å². The molecular weight excluding hydrogens is 280 g/mol. The van der Waals surface area contributed by atoms with Crippen LogP contribution in [0.1, 0.15) is 4.88 Å². The minimum absolute atomic E-state index is 0.866. The van der Waals surface area contributed by atoms with Crippen molar-refractivity contribution < 1.29 is 0 Å². The van der Waals surface area contributed by atoms with Crippen molar-refractivity contribution in [2.75, 3.05) is 0 Å². The van der Waals surface area contributed by atoms with Crippen LogP contribution in [-0.2, 0) is 0 Å². The molecule has 4 aromatic rings. The molecule has 4 aromatic heterocycles. The van der Waals surface area contributed by atoms with Crippen LogP contribution in [0, 0.1) is 6.92 Å². The minimum Gasteiger partial charge on any atom is -0.276 e. The van der Waals surface area contributed by atoms with Crippen LogP contribution in [0.5, 0.6) is 0 Å². The van der Waals surface area contributed by atoms with Crippen molar-refractivity contribution in [1.29, 1.82) is 0 Å². The smallest absolute Gasteiger partial charge is 0.164 e. The minimum atomic E-state index is 0.866. The molecule has 0 bridgehead atoms. The van der Waals surface area contributed by atoms with Crippen molar-refractivity contribution in [3.8, 4) is 16.4 Å². The van der Waals surface area contributed by atoms with Crippen molar-refractivity contribution in [1.82, 2.24) is 19.5 Å². The summed E-state index contributed by atoms with van der Waals surface area (Å²) in [6, 6.07) is 12.1. The lowest BCUT2D eigenvalue weighted by Crippen LogP contribution is -1.97. The molecule has 4 rings (SSSR count). The Morgan fingerprint density at radius 2 is 1.86 bits per heavy atom. The number of pyridine rings is 2. The SMILES string of the molecule is Cc1ccc(-c2nc3cccnc3n2-c2ccncc2)s1. The third-order valence-electron chi connectivity index (χ3n) is 3.30.